The minimum absolute atomic E-state index is 0.168. The summed E-state index contributed by atoms with van der Waals surface area (Å²) in [5, 5.41) is 6.32. The number of aryl methyl sites for hydroxylation is 1. The Hall–Kier alpha value is -3.68. The van der Waals surface area contributed by atoms with Crippen LogP contribution >= 0.6 is 0 Å². The van der Waals surface area contributed by atoms with Gasteiger partial charge in [-0.15, -0.1) is 0 Å². The largest absolute Gasteiger partial charge is 0.497 e. The van der Waals surface area contributed by atoms with Crippen LogP contribution in [0.1, 0.15) is 17.4 Å². The van der Waals surface area contributed by atoms with Gasteiger partial charge in [-0.2, -0.15) is 0 Å². The van der Waals surface area contributed by atoms with Crippen molar-refractivity contribution >= 4 is 17.6 Å². The maximum atomic E-state index is 12.6. The van der Waals surface area contributed by atoms with Gasteiger partial charge in [-0.05, 0) is 43.3 Å². The van der Waals surface area contributed by atoms with Crippen molar-refractivity contribution in [2.75, 3.05) is 17.7 Å². The van der Waals surface area contributed by atoms with Crippen LogP contribution in [-0.4, -0.2) is 27.6 Å². The van der Waals surface area contributed by atoms with Crippen molar-refractivity contribution in [3.05, 3.63) is 76.5 Å². The van der Waals surface area contributed by atoms with Gasteiger partial charge in [0.15, 0.2) is 6.17 Å². The van der Waals surface area contributed by atoms with Gasteiger partial charge in [0.25, 0.3) is 5.56 Å². The molecule has 0 bridgehead atoms. The minimum atomic E-state index is -0.536. The average Bonchev–Trinajstić information content (AvgIpc) is 2.68. The molecule has 8 heteroatoms. The van der Waals surface area contributed by atoms with E-state index in [0.717, 1.165) is 17.0 Å². The molecule has 2 N–H and O–H groups in total. The van der Waals surface area contributed by atoms with Crippen LogP contribution in [0.2, 0.25) is 0 Å². The predicted molar refractivity (Wildman–Crippen MR) is 103 cm³/mol. The number of benzene rings is 1. The highest BCUT2D eigenvalue weighted by atomic mass is 16.5. The second-order valence-corrected chi connectivity index (χ2v) is 6.04. The summed E-state index contributed by atoms with van der Waals surface area (Å²) < 4.78 is 6.71. The molecule has 0 spiro atoms. The Morgan fingerprint density at radius 3 is 2.59 bits per heavy atom. The smallest absolute Gasteiger partial charge is 0.257 e. The zero-order valence-electron chi connectivity index (χ0n) is 14.9. The highest BCUT2D eigenvalue weighted by Gasteiger charge is 2.25. The van der Waals surface area contributed by atoms with Crippen LogP contribution < -0.4 is 20.9 Å². The lowest BCUT2D eigenvalue weighted by Crippen LogP contribution is -2.37. The molecule has 1 aliphatic rings. The highest BCUT2D eigenvalue weighted by molar-refractivity contribution is 6.03. The molecule has 1 aliphatic heterocycles. The molecule has 0 fully saturated rings. The molecule has 0 aliphatic carbocycles. The van der Waals surface area contributed by atoms with Crippen LogP contribution in [-0.2, 0) is 0 Å². The zero-order valence-corrected chi connectivity index (χ0v) is 14.9. The molecule has 0 saturated carbocycles. The van der Waals surface area contributed by atoms with Crippen molar-refractivity contribution in [3.8, 4) is 5.75 Å². The predicted octanol–water partition coefficient (Wildman–Crippen LogP) is 2.40. The van der Waals surface area contributed by atoms with Crippen LogP contribution in [0.5, 0.6) is 5.75 Å². The fraction of sp³-hybridized carbons (Fsp3) is 0.158. The van der Waals surface area contributed by atoms with Gasteiger partial charge in [0.1, 0.15) is 5.75 Å². The quantitative estimate of drug-likeness (QED) is 0.743. The summed E-state index contributed by atoms with van der Waals surface area (Å²) in [4.78, 5) is 25.8. The van der Waals surface area contributed by atoms with E-state index in [1.54, 1.807) is 26.4 Å². The molecule has 1 aromatic carbocycles. The molecule has 3 aromatic rings. The number of nitrogens with one attached hydrogen (secondary N) is 2. The fourth-order valence-electron chi connectivity index (χ4n) is 2.88. The molecule has 4 rings (SSSR count). The van der Waals surface area contributed by atoms with E-state index in [4.69, 9.17) is 4.74 Å². The van der Waals surface area contributed by atoms with E-state index in [-0.39, 0.29) is 5.56 Å². The number of rotatable bonds is 3. The van der Waals surface area contributed by atoms with Crippen molar-refractivity contribution in [1.82, 2.24) is 14.5 Å². The van der Waals surface area contributed by atoms with Crippen molar-refractivity contribution in [1.29, 1.82) is 0 Å². The van der Waals surface area contributed by atoms with Gasteiger partial charge in [-0.1, -0.05) is 0 Å². The summed E-state index contributed by atoms with van der Waals surface area (Å²) in [6, 6.07) is 12.6. The molecule has 3 heterocycles. The number of aromatic nitrogens is 3. The molecular formula is C19H18N6O2. The van der Waals surface area contributed by atoms with Crippen LogP contribution in [0, 0.1) is 6.92 Å². The number of aliphatic imine (C=N–C) groups is 1. The van der Waals surface area contributed by atoms with E-state index in [9.17, 15) is 4.79 Å². The molecule has 0 radical (unpaired) electrons. The number of methoxy groups -OCH3 is 1. The van der Waals surface area contributed by atoms with E-state index in [1.165, 1.54) is 10.6 Å². The Balaban J connectivity index is 1.74. The first-order valence-corrected chi connectivity index (χ1v) is 8.40. The summed E-state index contributed by atoms with van der Waals surface area (Å²) in [7, 11) is 1.62. The number of fused-ring (bicyclic) bond motifs is 1. The number of nitrogens with zero attached hydrogens (tertiary/aromatic N) is 4. The van der Waals surface area contributed by atoms with Gasteiger partial charge >= 0.3 is 0 Å². The Morgan fingerprint density at radius 1 is 1.15 bits per heavy atom. The van der Waals surface area contributed by atoms with Gasteiger partial charge in [-0.25, -0.2) is 9.98 Å². The summed E-state index contributed by atoms with van der Waals surface area (Å²) >= 11 is 0. The summed E-state index contributed by atoms with van der Waals surface area (Å²) in [6.45, 7) is 1.79. The van der Waals surface area contributed by atoms with E-state index in [0.29, 0.717) is 17.6 Å². The standard InChI is InChI=1S/C19H18N6O2/c1-12-11-16(26)25-17(13-7-9-20-10-8-13)23-18(24-19(25)21-12)22-14-3-5-15(27-2)6-4-14/h3-11,17H,1-2H3,(H2,21,22,23,24)/t17-/m0/s1. The van der Waals surface area contributed by atoms with E-state index < -0.39 is 6.17 Å². The molecule has 0 amide bonds. The number of hydrogen-bond acceptors (Lipinski definition) is 7. The van der Waals surface area contributed by atoms with Gasteiger partial charge in [0.2, 0.25) is 11.9 Å². The van der Waals surface area contributed by atoms with Gasteiger partial charge in [-0.3, -0.25) is 19.7 Å². The third-order valence-corrected chi connectivity index (χ3v) is 4.16. The van der Waals surface area contributed by atoms with E-state index in [1.807, 2.05) is 36.4 Å². The normalized spacial score (nSPS) is 15.3. The summed E-state index contributed by atoms with van der Waals surface area (Å²) in [5.74, 6) is 1.70. The zero-order chi connectivity index (χ0) is 18.8. The molecule has 0 saturated heterocycles. The lowest BCUT2D eigenvalue weighted by molar-refractivity contribution is 0.415. The van der Waals surface area contributed by atoms with Crippen LogP contribution in [0.15, 0.2) is 64.6 Å². The first-order chi connectivity index (χ1) is 13.1. The van der Waals surface area contributed by atoms with Gasteiger partial charge in [0, 0.05) is 35.4 Å². The Labute approximate surface area is 155 Å². The Bertz CT molecular complexity index is 1040. The third kappa shape index (κ3) is 3.37. The van der Waals surface area contributed by atoms with Crippen LogP contribution in [0.3, 0.4) is 0 Å². The third-order valence-electron chi connectivity index (χ3n) is 4.16. The molecule has 0 unspecified atom stereocenters. The maximum absolute atomic E-state index is 12.6. The lowest BCUT2D eigenvalue weighted by atomic mass is 10.2. The molecular weight excluding hydrogens is 344 g/mol. The topological polar surface area (TPSA) is 93.4 Å². The Morgan fingerprint density at radius 2 is 1.89 bits per heavy atom. The summed E-state index contributed by atoms with van der Waals surface area (Å²) in [6.07, 6.45) is 2.82. The van der Waals surface area contributed by atoms with Crippen LogP contribution in [0.4, 0.5) is 11.6 Å². The first-order valence-electron chi connectivity index (χ1n) is 8.40. The average molecular weight is 362 g/mol. The number of pyridine rings is 1. The Kier molecular flexibility index (Phi) is 4.29. The van der Waals surface area contributed by atoms with Crippen molar-refractivity contribution < 1.29 is 4.74 Å². The molecule has 2 aromatic heterocycles. The number of anilines is 2. The molecule has 8 nitrogen and oxygen atoms in total. The number of guanidine groups is 1. The maximum Gasteiger partial charge on any atom is 0.257 e. The van der Waals surface area contributed by atoms with E-state index >= 15 is 0 Å². The second kappa shape index (κ2) is 6.91. The SMILES string of the molecule is COc1ccc(NC2=N[C@H](c3ccncc3)n3c(nc(C)cc3=O)N2)cc1. The first kappa shape index (κ1) is 16.8. The highest BCUT2D eigenvalue weighted by Crippen LogP contribution is 2.25. The number of hydrogen-bond donors (Lipinski definition) is 2. The summed E-state index contributed by atoms with van der Waals surface area (Å²) in [5.41, 5.74) is 2.14. The minimum Gasteiger partial charge on any atom is -0.497 e. The number of ether oxygens (including phenoxy) is 1. The molecule has 27 heavy (non-hydrogen) atoms. The van der Waals surface area contributed by atoms with Crippen molar-refractivity contribution in [3.63, 3.8) is 0 Å². The fourth-order valence-corrected chi connectivity index (χ4v) is 2.88. The monoisotopic (exact) mass is 362 g/mol. The second-order valence-electron chi connectivity index (χ2n) is 6.04. The molecule has 1 atom stereocenters. The lowest BCUT2D eigenvalue weighted by Gasteiger charge is -2.27. The van der Waals surface area contributed by atoms with Gasteiger partial charge in [0.05, 0.1) is 7.11 Å². The van der Waals surface area contributed by atoms with Crippen molar-refractivity contribution in [2.45, 2.75) is 13.1 Å². The van der Waals surface area contributed by atoms with Crippen LogP contribution in [0.25, 0.3) is 0 Å². The van der Waals surface area contributed by atoms with E-state index in [2.05, 4.69) is 25.6 Å². The van der Waals surface area contributed by atoms with Gasteiger partial charge < -0.3 is 10.1 Å². The van der Waals surface area contributed by atoms with Crippen molar-refractivity contribution in [2.24, 2.45) is 4.99 Å². The molecule has 136 valence electrons.